The summed E-state index contributed by atoms with van der Waals surface area (Å²) < 4.78 is 13.5. The molecule has 2 aliphatic heterocycles. The van der Waals surface area contributed by atoms with E-state index in [1.807, 2.05) is 11.8 Å². The molecule has 28 heavy (non-hydrogen) atoms. The van der Waals surface area contributed by atoms with E-state index in [1.54, 1.807) is 11.1 Å². The monoisotopic (exact) mass is 389 g/mol. The van der Waals surface area contributed by atoms with E-state index in [-0.39, 0.29) is 36.0 Å². The molecule has 4 amide bonds. The second-order valence-electron chi connectivity index (χ2n) is 7.90. The van der Waals surface area contributed by atoms with E-state index >= 15 is 0 Å². The minimum Gasteiger partial charge on any atom is -0.364 e. The summed E-state index contributed by atoms with van der Waals surface area (Å²) in [6.07, 6.45) is 5.09. The molecule has 0 spiro atoms. The van der Waals surface area contributed by atoms with Gasteiger partial charge in [-0.15, -0.1) is 0 Å². The van der Waals surface area contributed by atoms with Crippen molar-refractivity contribution in [2.24, 2.45) is 5.92 Å². The van der Waals surface area contributed by atoms with Crippen molar-refractivity contribution in [1.29, 1.82) is 0 Å². The molecule has 0 aromatic carbocycles. The molecule has 150 valence electrons. The van der Waals surface area contributed by atoms with Crippen molar-refractivity contribution in [3.05, 3.63) is 24.3 Å². The highest BCUT2D eigenvalue weighted by atomic mass is 19.1. The minimum absolute atomic E-state index is 0.0215. The number of urea groups is 1. The van der Waals surface area contributed by atoms with Gasteiger partial charge < -0.3 is 15.1 Å². The maximum Gasteiger partial charge on any atom is 0.322 e. The molecule has 3 heterocycles. The van der Waals surface area contributed by atoms with Crippen LogP contribution in [0.2, 0.25) is 0 Å². The summed E-state index contributed by atoms with van der Waals surface area (Å²) in [5.41, 5.74) is -0.231. The van der Waals surface area contributed by atoms with Gasteiger partial charge in [-0.2, -0.15) is 0 Å². The molecule has 1 saturated carbocycles. The number of piperazine rings is 1. The van der Waals surface area contributed by atoms with Gasteiger partial charge in [0.2, 0.25) is 5.91 Å². The van der Waals surface area contributed by atoms with Crippen LogP contribution in [-0.2, 0) is 9.59 Å². The number of aromatic nitrogens is 1. The van der Waals surface area contributed by atoms with E-state index in [2.05, 4.69) is 15.6 Å². The minimum atomic E-state index is -0.937. The number of nitrogens with zero attached hydrogens (tertiary/aromatic N) is 3. The zero-order valence-corrected chi connectivity index (χ0v) is 15.8. The van der Waals surface area contributed by atoms with Crippen LogP contribution in [0.15, 0.2) is 18.5 Å². The first-order valence-electron chi connectivity index (χ1n) is 9.67. The van der Waals surface area contributed by atoms with Crippen LogP contribution in [0.4, 0.5) is 14.9 Å². The van der Waals surface area contributed by atoms with Crippen LogP contribution < -0.4 is 15.5 Å². The van der Waals surface area contributed by atoms with Gasteiger partial charge in [-0.3, -0.25) is 19.9 Å². The molecule has 3 aliphatic rings. The topological polar surface area (TPSA) is 94.6 Å². The predicted octanol–water partition coefficient (Wildman–Crippen LogP) is 1.03. The van der Waals surface area contributed by atoms with Gasteiger partial charge in [0.1, 0.15) is 11.4 Å². The normalized spacial score (nSPS) is 27.6. The fourth-order valence-corrected chi connectivity index (χ4v) is 4.34. The summed E-state index contributed by atoms with van der Waals surface area (Å²) in [5, 5.41) is 5.07. The quantitative estimate of drug-likeness (QED) is 0.734. The highest BCUT2D eigenvalue weighted by Crippen LogP contribution is 2.43. The standard InChI is InChI=1S/C19H24FN5O3/c1-12-11-24(6-7-25(12)15-8-14(20)9-21-10-15)16(26)4-5-19(13-2-3-13)17(27)22-18(28)23-19/h8-10,12-13H,2-7,11H2,1H3,(H2,22,23,27,28)/t12-,19?/m0/s1. The molecule has 1 aliphatic carbocycles. The Balaban J connectivity index is 1.36. The van der Waals surface area contributed by atoms with Crippen LogP contribution in [-0.4, -0.2) is 58.9 Å². The molecular formula is C19H24FN5O3. The largest absolute Gasteiger partial charge is 0.364 e. The molecule has 0 radical (unpaired) electrons. The number of carbonyl (C=O) groups excluding carboxylic acids is 3. The number of pyridine rings is 1. The van der Waals surface area contributed by atoms with Crippen LogP contribution >= 0.6 is 0 Å². The number of rotatable bonds is 5. The lowest BCUT2D eigenvalue weighted by atomic mass is 9.87. The van der Waals surface area contributed by atoms with Crippen LogP contribution in [0.5, 0.6) is 0 Å². The Bertz CT molecular complexity index is 815. The van der Waals surface area contributed by atoms with E-state index in [9.17, 15) is 18.8 Å². The van der Waals surface area contributed by atoms with Crippen molar-refractivity contribution in [2.45, 2.75) is 44.2 Å². The van der Waals surface area contributed by atoms with Crippen molar-refractivity contribution in [3.63, 3.8) is 0 Å². The fourth-order valence-electron chi connectivity index (χ4n) is 4.34. The van der Waals surface area contributed by atoms with E-state index < -0.39 is 11.6 Å². The fraction of sp³-hybridized carbons (Fsp3) is 0.579. The molecule has 1 aromatic rings. The van der Waals surface area contributed by atoms with Crippen LogP contribution in [0.3, 0.4) is 0 Å². The number of nitrogens with one attached hydrogen (secondary N) is 2. The summed E-state index contributed by atoms with van der Waals surface area (Å²) in [6.45, 7) is 3.61. The lowest BCUT2D eigenvalue weighted by Gasteiger charge is -2.41. The Kier molecular flexibility index (Phi) is 4.68. The van der Waals surface area contributed by atoms with Gasteiger partial charge in [-0.1, -0.05) is 0 Å². The third-order valence-corrected chi connectivity index (χ3v) is 5.98. The zero-order valence-electron chi connectivity index (χ0n) is 15.8. The highest BCUT2D eigenvalue weighted by molar-refractivity contribution is 6.07. The first-order chi connectivity index (χ1) is 13.4. The van der Waals surface area contributed by atoms with Gasteiger partial charge in [0.05, 0.1) is 18.1 Å². The molecule has 2 atom stereocenters. The maximum atomic E-state index is 13.5. The van der Waals surface area contributed by atoms with Gasteiger partial charge in [0.25, 0.3) is 5.91 Å². The number of hydrogen-bond acceptors (Lipinski definition) is 5. The van der Waals surface area contributed by atoms with Crippen LogP contribution in [0.1, 0.15) is 32.6 Å². The van der Waals surface area contributed by atoms with Gasteiger partial charge in [0.15, 0.2) is 0 Å². The van der Waals surface area contributed by atoms with Crippen molar-refractivity contribution in [2.75, 3.05) is 24.5 Å². The van der Waals surface area contributed by atoms with Gasteiger partial charge >= 0.3 is 6.03 Å². The number of halogens is 1. The third-order valence-electron chi connectivity index (χ3n) is 5.98. The molecule has 0 bridgehead atoms. The molecule has 9 heteroatoms. The maximum absolute atomic E-state index is 13.5. The second-order valence-corrected chi connectivity index (χ2v) is 7.90. The number of carbonyl (C=O) groups is 3. The smallest absolute Gasteiger partial charge is 0.322 e. The average Bonchev–Trinajstić information content (AvgIpc) is 3.46. The van der Waals surface area contributed by atoms with E-state index in [4.69, 9.17) is 0 Å². The Hall–Kier alpha value is -2.71. The van der Waals surface area contributed by atoms with Crippen LogP contribution in [0.25, 0.3) is 0 Å². The Morgan fingerprint density at radius 3 is 2.71 bits per heavy atom. The lowest BCUT2D eigenvalue weighted by Crippen LogP contribution is -2.54. The molecule has 2 N–H and O–H groups in total. The van der Waals surface area contributed by atoms with E-state index in [1.165, 1.54) is 12.3 Å². The molecule has 3 fully saturated rings. The lowest BCUT2D eigenvalue weighted by molar-refractivity contribution is -0.133. The van der Waals surface area contributed by atoms with Gasteiger partial charge in [-0.05, 0) is 32.1 Å². The second kappa shape index (κ2) is 7.03. The molecule has 1 unspecified atom stereocenters. The summed E-state index contributed by atoms with van der Waals surface area (Å²) in [6, 6.07) is 0.991. The molecule has 1 aromatic heterocycles. The number of imide groups is 1. The van der Waals surface area contributed by atoms with Crippen molar-refractivity contribution >= 4 is 23.5 Å². The Morgan fingerprint density at radius 2 is 2.11 bits per heavy atom. The molecule has 8 nitrogen and oxygen atoms in total. The average molecular weight is 389 g/mol. The van der Waals surface area contributed by atoms with E-state index in [0.717, 1.165) is 12.8 Å². The van der Waals surface area contributed by atoms with E-state index in [0.29, 0.717) is 31.7 Å². The summed E-state index contributed by atoms with van der Waals surface area (Å²) in [7, 11) is 0. The molecule has 2 saturated heterocycles. The Morgan fingerprint density at radius 1 is 1.32 bits per heavy atom. The summed E-state index contributed by atoms with van der Waals surface area (Å²) in [4.78, 5) is 44.4. The van der Waals surface area contributed by atoms with Crippen molar-refractivity contribution in [3.8, 4) is 0 Å². The van der Waals surface area contributed by atoms with Gasteiger partial charge in [0, 0.05) is 38.2 Å². The van der Waals surface area contributed by atoms with Crippen molar-refractivity contribution in [1.82, 2.24) is 20.5 Å². The highest BCUT2D eigenvalue weighted by Gasteiger charge is 2.55. The number of anilines is 1. The first-order valence-corrected chi connectivity index (χ1v) is 9.67. The van der Waals surface area contributed by atoms with Crippen molar-refractivity contribution < 1.29 is 18.8 Å². The number of amides is 4. The Labute approximate surface area is 162 Å². The predicted molar refractivity (Wildman–Crippen MR) is 98.9 cm³/mol. The molecule has 4 rings (SSSR count). The third kappa shape index (κ3) is 3.41. The van der Waals surface area contributed by atoms with Crippen LogP contribution in [0, 0.1) is 11.7 Å². The SMILES string of the molecule is C[C@H]1CN(C(=O)CCC2(C3CC3)NC(=O)NC2=O)CCN1c1cncc(F)c1. The number of hydrogen-bond donors (Lipinski definition) is 2. The first kappa shape index (κ1) is 18.6. The zero-order chi connectivity index (χ0) is 19.9. The summed E-state index contributed by atoms with van der Waals surface area (Å²) >= 11 is 0. The van der Waals surface area contributed by atoms with Gasteiger partial charge in [-0.25, -0.2) is 9.18 Å². The molecular weight excluding hydrogens is 365 g/mol. The summed E-state index contributed by atoms with van der Waals surface area (Å²) in [5.74, 6) is -0.615.